The number of anilines is 1. The summed E-state index contributed by atoms with van der Waals surface area (Å²) in [5.41, 5.74) is 1.66. The number of hydrogen-bond donors (Lipinski definition) is 1. The fourth-order valence-corrected chi connectivity index (χ4v) is 1.76. The van der Waals surface area contributed by atoms with Gasteiger partial charge in [0.25, 0.3) is 0 Å². The van der Waals surface area contributed by atoms with Gasteiger partial charge in [0.1, 0.15) is 0 Å². The Labute approximate surface area is 106 Å². The third kappa shape index (κ3) is 4.53. The molecule has 4 heteroatoms. The van der Waals surface area contributed by atoms with E-state index in [1.807, 2.05) is 24.5 Å². The van der Waals surface area contributed by atoms with Gasteiger partial charge in [0.2, 0.25) is 0 Å². The predicted octanol–water partition coefficient (Wildman–Crippen LogP) is 2.94. The summed E-state index contributed by atoms with van der Waals surface area (Å²) in [6.07, 6.45) is 3.86. The standard InChI is InChI=1S/C13H17NO2S/c1-10(13(15)16-2)7-8-14-11-5-4-6-12(9-11)17-3/h4-7,9,14H,8H2,1-3H3/b10-7+. The molecule has 0 heterocycles. The first-order valence-electron chi connectivity index (χ1n) is 5.30. The lowest BCUT2D eigenvalue weighted by atomic mass is 10.2. The molecule has 92 valence electrons. The largest absolute Gasteiger partial charge is 0.466 e. The molecule has 0 saturated heterocycles. The first kappa shape index (κ1) is 13.6. The van der Waals surface area contributed by atoms with Crippen molar-refractivity contribution in [1.82, 2.24) is 0 Å². The van der Waals surface area contributed by atoms with E-state index in [4.69, 9.17) is 0 Å². The molecule has 0 aliphatic carbocycles. The van der Waals surface area contributed by atoms with E-state index in [1.165, 1.54) is 12.0 Å². The van der Waals surface area contributed by atoms with Crippen LogP contribution in [0.2, 0.25) is 0 Å². The molecular weight excluding hydrogens is 234 g/mol. The summed E-state index contributed by atoms with van der Waals surface area (Å²) in [4.78, 5) is 12.3. The molecule has 0 atom stereocenters. The second-order valence-electron chi connectivity index (χ2n) is 3.49. The third-order valence-electron chi connectivity index (χ3n) is 2.29. The van der Waals surface area contributed by atoms with Crippen LogP contribution in [-0.4, -0.2) is 25.9 Å². The number of ether oxygens (including phenoxy) is 1. The Kier molecular flexibility index (Phi) is 5.63. The van der Waals surface area contributed by atoms with Crippen LogP contribution >= 0.6 is 11.8 Å². The van der Waals surface area contributed by atoms with Gasteiger partial charge in [-0.05, 0) is 31.4 Å². The lowest BCUT2D eigenvalue weighted by Crippen LogP contribution is -2.05. The molecule has 0 amide bonds. The zero-order valence-corrected chi connectivity index (χ0v) is 11.1. The molecule has 1 rings (SSSR count). The van der Waals surface area contributed by atoms with Crippen molar-refractivity contribution in [2.24, 2.45) is 0 Å². The summed E-state index contributed by atoms with van der Waals surface area (Å²) < 4.78 is 4.61. The molecule has 0 aliphatic heterocycles. The highest BCUT2D eigenvalue weighted by Crippen LogP contribution is 2.18. The summed E-state index contributed by atoms with van der Waals surface area (Å²) in [6.45, 7) is 2.35. The van der Waals surface area contributed by atoms with Crippen LogP contribution in [-0.2, 0) is 9.53 Å². The van der Waals surface area contributed by atoms with E-state index in [0.29, 0.717) is 12.1 Å². The predicted molar refractivity (Wildman–Crippen MR) is 72.5 cm³/mol. The first-order valence-corrected chi connectivity index (χ1v) is 6.53. The highest BCUT2D eigenvalue weighted by atomic mass is 32.2. The van der Waals surface area contributed by atoms with Crippen molar-refractivity contribution in [3.05, 3.63) is 35.9 Å². The zero-order chi connectivity index (χ0) is 12.7. The van der Waals surface area contributed by atoms with Crippen molar-refractivity contribution in [1.29, 1.82) is 0 Å². The Morgan fingerprint density at radius 3 is 2.94 bits per heavy atom. The summed E-state index contributed by atoms with van der Waals surface area (Å²) in [5, 5.41) is 3.23. The number of carbonyl (C=O) groups excluding carboxylic acids is 1. The normalized spacial score (nSPS) is 11.1. The van der Waals surface area contributed by atoms with Gasteiger partial charge in [0, 0.05) is 22.7 Å². The maximum absolute atomic E-state index is 11.1. The topological polar surface area (TPSA) is 38.3 Å². The van der Waals surface area contributed by atoms with Gasteiger partial charge in [-0.25, -0.2) is 4.79 Å². The Morgan fingerprint density at radius 2 is 2.29 bits per heavy atom. The second kappa shape index (κ2) is 7.01. The zero-order valence-electron chi connectivity index (χ0n) is 10.3. The van der Waals surface area contributed by atoms with Crippen LogP contribution in [0.5, 0.6) is 0 Å². The fraction of sp³-hybridized carbons (Fsp3) is 0.308. The minimum atomic E-state index is -0.287. The molecule has 17 heavy (non-hydrogen) atoms. The van der Waals surface area contributed by atoms with E-state index < -0.39 is 0 Å². The second-order valence-corrected chi connectivity index (χ2v) is 4.37. The summed E-state index contributed by atoms with van der Waals surface area (Å²) >= 11 is 1.70. The van der Waals surface area contributed by atoms with Crippen LogP contribution in [0.15, 0.2) is 40.8 Å². The van der Waals surface area contributed by atoms with Gasteiger partial charge >= 0.3 is 5.97 Å². The molecule has 0 aromatic heterocycles. The van der Waals surface area contributed by atoms with Crippen molar-refractivity contribution < 1.29 is 9.53 Å². The molecule has 1 N–H and O–H groups in total. The Morgan fingerprint density at radius 1 is 1.53 bits per heavy atom. The summed E-state index contributed by atoms with van der Waals surface area (Å²) in [5.74, 6) is -0.287. The van der Waals surface area contributed by atoms with Crippen LogP contribution in [0.1, 0.15) is 6.92 Å². The minimum Gasteiger partial charge on any atom is -0.466 e. The number of hydrogen-bond acceptors (Lipinski definition) is 4. The molecule has 0 saturated carbocycles. The lowest BCUT2D eigenvalue weighted by Gasteiger charge is -2.05. The van der Waals surface area contributed by atoms with Crippen LogP contribution in [0, 0.1) is 0 Å². The van der Waals surface area contributed by atoms with Crippen LogP contribution in [0.25, 0.3) is 0 Å². The van der Waals surface area contributed by atoms with E-state index in [-0.39, 0.29) is 5.97 Å². The molecule has 0 fully saturated rings. The van der Waals surface area contributed by atoms with Crippen molar-refractivity contribution >= 4 is 23.4 Å². The van der Waals surface area contributed by atoms with E-state index in [1.54, 1.807) is 18.7 Å². The minimum absolute atomic E-state index is 0.287. The van der Waals surface area contributed by atoms with Gasteiger partial charge in [0.15, 0.2) is 0 Å². The lowest BCUT2D eigenvalue weighted by molar-refractivity contribution is -0.136. The van der Waals surface area contributed by atoms with Crippen LogP contribution in [0.3, 0.4) is 0 Å². The SMILES string of the molecule is COC(=O)/C(C)=C/CNc1cccc(SC)c1. The van der Waals surface area contributed by atoms with Gasteiger partial charge in [-0.2, -0.15) is 0 Å². The number of esters is 1. The Bertz CT molecular complexity index is 416. The van der Waals surface area contributed by atoms with Crippen molar-refractivity contribution in [2.45, 2.75) is 11.8 Å². The van der Waals surface area contributed by atoms with Gasteiger partial charge in [0.05, 0.1) is 7.11 Å². The molecule has 1 aromatic rings. The smallest absolute Gasteiger partial charge is 0.333 e. The van der Waals surface area contributed by atoms with Crippen molar-refractivity contribution in [3.63, 3.8) is 0 Å². The molecule has 1 aromatic carbocycles. The number of benzene rings is 1. The molecular formula is C13H17NO2S. The quantitative estimate of drug-likeness (QED) is 0.496. The molecule has 0 spiro atoms. The summed E-state index contributed by atoms with van der Waals surface area (Å²) in [6, 6.07) is 8.14. The molecule has 3 nitrogen and oxygen atoms in total. The van der Waals surface area contributed by atoms with E-state index in [9.17, 15) is 4.79 Å². The Hall–Kier alpha value is -1.42. The molecule has 0 bridgehead atoms. The highest BCUT2D eigenvalue weighted by molar-refractivity contribution is 7.98. The highest BCUT2D eigenvalue weighted by Gasteiger charge is 2.01. The van der Waals surface area contributed by atoms with Gasteiger partial charge < -0.3 is 10.1 Å². The summed E-state index contributed by atoms with van der Waals surface area (Å²) in [7, 11) is 1.38. The van der Waals surface area contributed by atoms with E-state index >= 15 is 0 Å². The number of rotatable bonds is 5. The van der Waals surface area contributed by atoms with Gasteiger partial charge in [-0.3, -0.25) is 0 Å². The van der Waals surface area contributed by atoms with Crippen molar-refractivity contribution in [3.8, 4) is 0 Å². The van der Waals surface area contributed by atoms with Crippen LogP contribution < -0.4 is 5.32 Å². The molecule has 0 unspecified atom stereocenters. The number of thioether (sulfide) groups is 1. The number of nitrogens with one attached hydrogen (secondary N) is 1. The number of carbonyl (C=O) groups is 1. The van der Waals surface area contributed by atoms with Gasteiger partial charge in [-0.15, -0.1) is 11.8 Å². The monoisotopic (exact) mass is 251 g/mol. The van der Waals surface area contributed by atoms with E-state index in [0.717, 1.165) is 5.69 Å². The maximum Gasteiger partial charge on any atom is 0.333 e. The van der Waals surface area contributed by atoms with E-state index in [2.05, 4.69) is 22.2 Å². The fourth-order valence-electron chi connectivity index (χ4n) is 1.30. The Balaban J connectivity index is 2.53. The molecule has 0 aliphatic rings. The average molecular weight is 251 g/mol. The maximum atomic E-state index is 11.1. The third-order valence-corrected chi connectivity index (χ3v) is 3.02. The average Bonchev–Trinajstić information content (AvgIpc) is 2.37. The van der Waals surface area contributed by atoms with Crippen LogP contribution in [0.4, 0.5) is 5.69 Å². The van der Waals surface area contributed by atoms with Gasteiger partial charge in [-0.1, -0.05) is 12.1 Å². The number of methoxy groups -OCH3 is 1. The van der Waals surface area contributed by atoms with Crippen molar-refractivity contribution in [2.75, 3.05) is 25.2 Å². The first-order chi connectivity index (χ1) is 8.17. The molecule has 0 radical (unpaired) electrons.